The number of hydrogen-bond donors (Lipinski definition) is 0. The Kier molecular flexibility index (Phi) is 13.7. The number of amides is 2. The number of para-hydroxylation sites is 4. The van der Waals surface area contributed by atoms with Gasteiger partial charge in [-0.1, -0.05) is 44.2 Å². The van der Waals surface area contributed by atoms with Gasteiger partial charge < -0.3 is 42.6 Å². The first-order valence-corrected chi connectivity index (χ1v) is 22.1. The molecular formula is C48H61BrN4O8. The minimum absolute atomic E-state index is 0.0179. The lowest BCUT2D eigenvalue weighted by molar-refractivity contribution is -0.0277. The molecule has 0 N–H and O–H groups in total. The highest BCUT2D eigenvalue weighted by Gasteiger charge is 2.47. The SMILES string of the molecule is C=COCCCC.CC(=O)c1ccc2n1-c1ccccc1OC21CCN(C(=O)OC(C)(C)C)CC1.CC(C)(C)OC(=O)N1CCC2(CC1)Oc1ccccc1-n1c(Br)ccc12. The molecule has 8 rings (SSSR count). The summed E-state index contributed by atoms with van der Waals surface area (Å²) in [5.74, 6) is 1.66. The number of rotatable bonds is 5. The van der Waals surface area contributed by atoms with Crippen LogP contribution in [0.15, 0.2) is 90.2 Å². The predicted octanol–water partition coefficient (Wildman–Crippen LogP) is 11.1. The smallest absolute Gasteiger partial charge is 0.410 e. The fourth-order valence-electron chi connectivity index (χ4n) is 8.10. The van der Waals surface area contributed by atoms with Crippen molar-refractivity contribution in [3.8, 4) is 22.9 Å². The highest BCUT2D eigenvalue weighted by Crippen LogP contribution is 2.48. The largest absolute Gasteiger partial charge is 0.502 e. The van der Waals surface area contributed by atoms with Crippen LogP contribution in [0.5, 0.6) is 11.5 Å². The van der Waals surface area contributed by atoms with Crippen LogP contribution in [0.1, 0.15) is 116 Å². The Hall–Kier alpha value is -5.17. The van der Waals surface area contributed by atoms with Gasteiger partial charge in [0, 0.05) is 58.8 Å². The fourth-order valence-corrected chi connectivity index (χ4v) is 8.62. The van der Waals surface area contributed by atoms with Gasteiger partial charge in [0.15, 0.2) is 17.0 Å². The molecule has 2 spiro atoms. The van der Waals surface area contributed by atoms with Crippen LogP contribution in [0.25, 0.3) is 11.4 Å². The van der Waals surface area contributed by atoms with E-state index in [1.807, 2.05) is 101 Å². The lowest BCUT2D eigenvalue weighted by Crippen LogP contribution is -2.51. The Balaban J connectivity index is 0.000000177. The van der Waals surface area contributed by atoms with Crippen molar-refractivity contribution < 1.29 is 38.1 Å². The van der Waals surface area contributed by atoms with E-state index >= 15 is 0 Å². The highest BCUT2D eigenvalue weighted by molar-refractivity contribution is 9.10. The van der Waals surface area contributed by atoms with Crippen molar-refractivity contribution in [2.75, 3.05) is 32.8 Å². The van der Waals surface area contributed by atoms with Gasteiger partial charge in [0.05, 0.1) is 45.9 Å². The Labute approximate surface area is 368 Å². The van der Waals surface area contributed by atoms with E-state index in [0.717, 1.165) is 64.7 Å². The van der Waals surface area contributed by atoms with E-state index < -0.39 is 22.4 Å². The zero-order chi connectivity index (χ0) is 44.2. The van der Waals surface area contributed by atoms with E-state index in [9.17, 15) is 14.4 Å². The van der Waals surface area contributed by atoms with Crippen molar-refractivity contribution in [2.45, 2.75) is 116 Å². The summed E-state index contributed by atoms with van der Waals surface area (Å²) in [5, 5.41) is 0. The third-order valence-electron chi connectivity index (χ3n) is 11.0. The Morgan fingerprint density at radius 2 is 1.15 bits per heavy atom. The van der Waals surface area contributed by atoms with Crippen molar-refractivity contribution in [3.05, 3.63) is 107 Å². The number of benzene rings is 2. The van der Waals surface area contributed by atoms with Gasteiger partial charge in [0.1, 0.15) is 22.7 Å². The summed E-state index contributed by atoms with van der Waals surface area (Å²) >= 11 is 3.66. The quantitative estimate of drug-likeness (QED) is 0.111. The molecule has 0 bridgehead atoms. The first-order valence-electron chi connectivity index (χ1n) is 21.3. The maximum atomic E-state index is 12.4. The summed E-state index contributed by atoms with van der Waals surface area (Å²) in [4.78, 5) is 40.5. The summed E-state index contributed by atoms with van der Waals surface area (Å²) in [6, 6.07) is 23.9. The molecule has 2 fully saturated rings. The summed E-state index contributed by atoms with van der Waals surface area (Å²) in [5.41, 5.74) is 2.71. The van der Waals surface area contributed by atoms with Crippen LogP contribution >= 0.6 is 15.9 Å². The summed E-state index contributed by atoms with van der Waals surface area (Å²) in [6.45, 7) is 21.5. The van der Waals surface area contributed by atoms with Crippen LogP contribution in [0.4, 0.5) is 9.59 Å². The minimum Gasteiger partial charge on any atom is -0.502 e. The molecule has 0 atom stereocenters. The number of aromatic nitrogens is 2. The van der Waals surface area contributed by atoms with E-state index in [4.69, 9.17) is 23.7 Å². The molecule has 2 aromatic heterocycles. The maximum absolute atomic E-state index is 12.4. The lowest BCUT2D eigenvalue weighted by atomic mass is 9.86. The van der Waals surface area contributed by atoms with E-state index in [1.165, 1.54) is 12.7 Å². The molecule has 4 aliphatic heterocycles. The molecule has 2 saturated heterocycles. The molecule has 0 aliphatic carbocycles. The molecule has 0 radical (unpaired) electrons. The average Bonchev–Trinajstić information content (AvgIpc) is 3.84. The monoisotopic (exact) mass is 900 g/mol. The summed E-state index contributed by atoms with van der Waals surface area (Å²) < 4.78 is 34.1. The van der Waals surface area contributed by atoms with Gasteiger partial charge in [0.2, 0.25) is 0 Å². The number of Topliss-reactive ketones (excluding diaryl/α,β-unsaturated/α-hetero) is 1. The topological polar surface area (TPSA) is 114 Å². The molecule has 12 nitrogen and oxygen atoms in total. The number of carbonyl (C=O) groups is 3. The number of carbonyl (C=O) groups excluding carboxylic acids is 3. The zero-order valence-corrected chi connectivity index (χ0v) is 38.5. The molecule has 61 heavy (non-hydrogen) atoms. The Bertz CT molecular complexity index is 2200. The second-order valence-electron chi connectivity index (χ2n) is 17.8. The molecular weight excluding hydrogens is 840 g/mol. The van der Waals surface area contributed by atoms with Crippen molar-refractivity contribution in [1.82, 2.24) is 18.9 Å². The van der Waals surface area contributed by atoms with Crippen LogP contribution in [0.3, 0.4) is 0 Å². The molecule has 328 valence electrons. The average molecular weight is 902 g/mol. The fraction of sp³-hybridized carbons (Fsp3) is 0.479. The number of fused-ring (bicyclic) bond motifs is 8. The van der Waals surface area contributed by atoms with Gasteiger partial charge in [-0.2, -0.15) is 0 Å². The number of hydrogen-bond acceptors (Lipinski definition) is 8. The summed E-state index contributed by atoms with van der Waals surface area (Å²) in [7, 11) is 0. The van der Waals surface area contributed by atoms with Gasteiger partial charge in [-0.3, -0.25) is 4.79 Å². The van der Waals surface area contributed by atoms with Gasteiger partial charge >= 0.3 is 12.2 Å². The first-order chi connectivity index (χ1) is 28.9. The van der Waals surface area contributed by atoms with E-state index in [2.05, 4.69) is 52.2 Å². The number of nitrogens with zero attached hydrogens (tertiary/aromatic N) is 4. The van der Waals surface area contributed by atoms with Gasteiger partial charge in [-0.05, 0) is 112 Å². The van der Waals surface area contributed by atoms with Crippen LogP contribution in [0.2, 0.25) is 0 Å². The molecule has 6 heterocycles. The third kappa shape index (κ3) is 10.1. The number of ether oxygens (including phenoxy) is 5. The molecule has 0 unspecified atom stereocenters. The van der Waals surface area contributed by atoms with Crippen LogP contribution in [-0.4, -0.2) is 80.9 Å². The van der Waals surface area contributed by atoms with Crippen molar-refractivity contribution in [2.24, 2.45) is 0 Å². The second-order valence-corrected chi connectivity index (χ2v) is 18.6. The van der Waals surface area contributed by atoms with Crippen molar-refractivity contribution in [1.29, 1.82) is 0 Å². The van der Waals surface area contributed by atoms with Crippen molar-refractivity contribution >= 4 is 33.9 Å². The van der Waals surface area contributed by atoms with Crippen molar-refractivity contribution in [3.63, 3.8) is 0 Å². The number of piperidine rings is 2. The number of ketones is 1. The van der Waals surface area contributed by atoms with Gasteiger partial charge in [0.25, 0.3) is 0 Å². The zero-order valence-electron chi connectivity index (χ0n) is 36.9. The van der Waals surface area contributed by atoms with Gasteiger partial charge in [-0.15, -0.1) is 0 Å². The Morgan fingerprint density at radius 1 is 0.705 bits per heavy atom. The van der Waals surface area contributed by atoms with E-state index in [-0.39, 0.29) is 18.0 Å². The third-order valence-corrected chi connectivity index (χ3v) is 11.6. The first kappa shape index (κ1) is 45.4. The van der Waals surface area contributed by atoms with Crippen LogP contribution < -0.4 is 9.47 Å². The maximum Gasteiger partial charge on any atom is 0.410 e. The molecule has 2 amide bonds. The van der Waals surface area contributed by atoms with E-state index in [0.29, 0.717) is 44.7 Å². The molecule has 2 aromatic carbocycles. The predicted molar refractivity (Wildman–Crippen MR) is 239 cm³/mol. The van der Waals surface area contributed by atoms with E-state index in [1.54, 1.807) is 16.7 Å². The number of likely N-dealkylation sites (tertiary alicyclic amines) is 2. The molecule has 13 heteroatoms. The summed E-state index contributed by atoms with van der Waals surface area (Å²) in [6.07, 6.45) is 6.01. The molecule has 0 saturated carbocycles. The standard InChI is InChI=1S/C22H26N2O4.C20H23BrN2O3.C6H12O/c1-15(25)16-9-10-19-22(27-18-8-6-5-7-17(18)24(16)19)11-13-23(14-12-22)20(26)28-21(2,3)4;1-19(2,3)26-18(24)22-12-10-20(11-13-22)16-8-9-17(21)23(16)14-6-4-5-7-15(14)25-20;1-3-5-6-7-4-2/h5-10H,11-14H2,1-4H3;4-9H,10-13H2,1-3H3;4H,2-3,5-6H2,1H3. The number of unbranched alkanes of at least 4 members (excludes halogenated alkanes) is 1. The second kappa shape index (κ2) is 18.4. The van der Waals surface area contributed by atoms with Crippen LogP contribution in [-0.2, 0) is 25.4 Å². The lowest BCUT2D eigenvalue weighted by Gasteiger charge is -2.45. The van der Waals surface area contributed by atoms with Gasteiger partial charge in [-0.25, -0.2) is 9.59 Å². The minimum atomic E-state index is -0.555. The number of halogens is 1. The highest BCUT2D eigenvalue weighted by atomic mass is 79.9. The molecule has 4 aromatic rings. The Morgan fingerprint density at radius 3 is 1.59 bits per heavy atom. The normalized spacial score (nSPS) is 16.7. The van der Waals surface area contributed by atoms with Crippen LogP contribution in [0, 0.1) is 0 Å². The molecule has 4 aliphatic rings.